The van der Waals surface area contributed by atoms with E-state index in [0.29, 0.717) is 28.3 Å². The van der Waals surface area contributed by atoms with Crippen molar-refractivity contribution in [1.82, 2.24) is 28.9 Å². The molecular formula is C34H35FN6O2Si. The van der Waals surface area contributed by atoms with E-state index in [2.05, 4.69) is 96.4 Å². The third kappa shape index (κ3) is 4.78. The largest absolute Gasteiger partial charge is 0.404 e. The van der Waals surface area contributed by atoms with Gasteiger partial charge in [0.2, 0.25) is 0 Å². The molecule has 8 nitrogen and oxygen atoms in total. The number of pyridine rings is 1. The van der Waals surface area contributed by atoms with Crippen LogP contribution in [0.15, 0.2) is 96.2 Å². The number of aromatic amines is 1. The topological polar surface area (TPSA) is 90.1 Å². The summed E-state index contributed by atoms with van der Waals surface area (Å²) < 4.78 is 24.8. The fourth-order valence-electron chi connectivity index (χ4n) is 6.86. The molecule has 1 N–H and O–H groups in total. The van der Waals surface area contributed by atoms with Gasteiger partial charge in [0, 0.05) is 18.3 Å². The van der Waals surface area contributed by atoms with Gasteiger partial charge in [-0.3, -0.25) is 8.97 Å². The minimum atomic E-state index is -2.67. The minimum Gasteiger partial charge on any atom is -0.404 e. The number of hydrogen-bond acceptors (Lipinski definition) is 5. The van der Waals surface area contributed by atoms with Gasteiger partial charge in [-0.15, -0.1) is 0 Å². The minimum absolute atomic E-state index is 0.0300. The summed E-state index contributed by atoms with van der Waals surface area (Å²) in [6.45, 7) is 6.89. The molecule has 1 aliphatic rings. The molecular weight excluding hydrogens is 571 g/mol. The first-order valence-electron chi connectivity index (χ1n) is 15.1. The molecule has 10 heteroatoms. The van der Waals surface area contributed by atoms with Crippen molar-refractivity contribution in [3.05, 3.63) is 108 Å². The van der Waals surface area contributed by atoms with Gasteiger partial charge in [-0.1, -0.05) is 81.4 Å². The molecule has 44 heavy (non-hydrogen) atoms. The highest BCUT2D eigenvalue weighted by Gasteiger charge is 2.51. The molecule has 1 saturated carbocycles. The summed E-state index contributed by atoms with van der Waals surface area (Å²) in [5.74, 6) is 0.000446. The van der Waals surface area contributed by atoms with Crippen LogP contribution in [0.3, 0.4) is 0 Å². The molecule has 0 radical (unpaired) electrons. The number of fused-ring (bicyclic) bond motifs is 2. The summed E-state index contributed by atoms with van der Waals surface area (Å²) in [7, 11) is -2.67. The molecule has 4 heterocycles. The number of nitrogens with one attached hydrogen (secondary N) is 1. The van der Waals surface area contributed by atoms with E-state index in [1.54, 1.807) is 27.4 Å². The van der Waals surface area contributed by atoms with E-state index < -0.39 is 8.32 Å². The predicted molar refractivity (Wildman–Crippen MR) is 172 cm³/mol. The van der Waals surface area contributed by atoms with Gasteiger partial charge in [-0.05, 0) is 53.2 Å². The van der Waals surface area contributed by atoms with E-state index in [1.807, 2.05) is 0 Å². The lowest BCUT2D eigenvalue weighted by molar-refractivity contribution is 0.123. The van der Waals surface area contributed by atoms with Crippen LogP contribution >= 0.6 is 0 Å². The van der Waals surface area contributed by atoms with Crippen molar-refractivity contribution < 1.29 is 8.82 Å². The summed E-state index contributed by atoms with van der Waals surface area (Å²) in [6, 6.07) is 24.4. The molecule has 7 rings (SSSR count). The maximum Gasteiger partial charge on any atom is 0.327 e. The number of benzene rings is 2. The summed E-state index contributed by atoms with van der Waals surface area (Å²) in [6.07, 6.45) is 7.91. The van der Waals surface area contributed by atoms with Crippen LogP contribution in [0.5, 0.6) is 0 Å². The molecule has 1 fully saturated rings. The smallest absolute Gasteiger partial charge is 0.327 e. The number of H-pyrrole nitrogens is 1. The Morgan fingerprint density at radius 2 is 1.55 bits per heavy atom. The van der Waals surface area contributed by atoms with E-state index in [9.17, 15) is 9.18 Å². The van der Waals surface area contributed by atoms with E-state index in [4.69, 9.17) is 9.41 Å². The van der Waals surface area contributed by atoms with Crippen LogP contribution in [0, 0.1) is 5.82 Å². The van der Waals surface area contributed by atoms with Crippen LogP contribution in [0.25, 0.3) is 28.3 Å². The average molecular weight is 607 g/mol. The third-order valence-electron chi connectivity index (χ3n) is 8.92. The Bertz CT molecular complexity index is 1950. The lowest BCUT2D eigenvalue weighted by Crippen LogP contribution is -2.67. The summed E-state index contributed by atoms with van der Waals surface area (Å²) >= 11 is 0. The van der Waals surface area contributed by atoms with Gasteiger partial charge >= 0.3 is 5.69 Å². The van der Waals surface area contributed by atoms with Gasteiger partial charge in [0.15, 0.2) is 11.5 Å². The van der Waals surface area contributed by atoms with Crippen molar-refractivity contribution >= 4 is 35.5 Å². The molecule has 0 spiro atoms. The first kappa shape index (κ1) is 28.4. The van der Waals surface area contributed by atoms with E-state index >= 15 is 0 Å². The molecule has 4 aromatic heterocycles. The Morgan fingerprint density at radius 3 is 2.18 bits per heavy atom. The fraction of sp³-hybridized carbons (Fsp3) is 0.294. The number of rotatable bonds is 6. The molecule has 0 aliphatic heterocycles. The highest BCUT2D eigenvalue weighted by atomic mass is 28.4. The van der Waals surface area contributed by atoms with E-state index in [0.717, 1.165) is 25.7 Å². The predicted octanol–water partition coefficient (Wildman–Crippen LogP) is 5.63. The zero-order valence-electron chi connectivity index (χ0n) is 25.1. The second-order valence-corrected chi connectivity index (χ2v) is 16.9. The third-order valence-corrected chi connectivity index (χ3v) is 14.0. The molecule has 0 saturated heterocycles. The molecule has 2 aromatic carbocycles. The number of halogens is 1. The average Bonchev–Trinajstić information content (AvgIpc) is 3.59. The lowest BCUT2D eigenvalue weighted by atomic mass is 9.93. The summed E-state index contributed by atoms with van der Waals surface area (Å²) in [4.78, 5) is 29.8. The quantitative estimate of drug-likeness (QED) is 0.248. The Hall–Kier alpha value is -4.41. The maximum absolute atomic E-state index is 14.0. The van der Waals surface area contributed by atoms with Gasteiger partial charge in [0.05, 0.1) is 12.4 Å². The van der Waals surface area contributed by atoms with Crippen molar-refractivity contribution in [2.24, 2.45) is 0 Å². The van der Waals surface area contributed by atoms with E-state index in [-0.39, 0.29) is 28.7 Å². The Labute approximate surface area is 255 Å². The molecule has 0 unspecified atom stereocenters. The Morgan fingerprint density at radius 1 is 0.886 bits per heavy atom. The summed E-state index contributed by atoms with van der Waals surface area (Å²) in [5, 5.41) is 2.43. The van der Waals surface area contributed by atoms with Gasteiger partial charge < -0.3 is 9.41 Å². The number of hydrogen-bond donors (Lipinski definition) is 1. The second kappa shape index (κ2) is 10.9. The van der Waals surface area contributed by atoms with Gasteiger partial charge in [-0.25, -0.2) is 24.1 Å². The number of nitrogens with zero attached hydrogens (tertiary/aromatic N) is 5. The van der Waals surface area contributed by atoms with Crippen LogP contribution in [0.2, 0.25) is 5.04 Å². The van der Waals surface area contributed by atoms with Gasteiger partial charge in [0.25, 0.3) is 8.32 Å². The van der Waals surface area contributed by atoms with Crippen molar-refractivity contribution in [2.45, 2.75) is 63.6 Å². The van der Waals surface area contributed by atoms with Crippen LogP contribution in [0.4, 0.5) is 4.39 Å². The second-order valence-electron chi connectivity index (χ2n) is 12.7. The van der Waals surface area contributed by atoms with E-state index in [1.165, 1.54) is 22.6 Å². The van der Waals surface area contributed by atoms with Gasteiger partial charge in [0.1, 0.15) is 22.7 Å². The monoisotopic (exact) mass is 606 g/mol. The Kier molecular flexibility index (Phi) is 7.05. The normalized spacial score (nSPS) is 17.8. The zero-order valence-corrected chi connectivity index (χ0v) is 26.1. The molecule has 0 atom stereocenters. The molecule has 224 valence electrons. The standard InChI is InChI=1S/C34H35FN6O2Si/c1-34(2,3)44(26-10-6-4-7-11-26,27-12-8-5-9-13-27)43-25-17-15-24(16-18-25)41-32-28(38-33(41)42)20-37-31(39-32)29-21-36-30-19-14-23(35)22-40(29)30/h4-14,19-22,24-25H,15-18H2,1-3H3,(H,38,42). The number of aromatic nitrogens is 6. The van der Waals surface area contributed by atoms with Gasteiger partial charge in [-0.2, -0.15) is 0 Å². The molecule has 1 aliphatic carbocycles. The lowest BCUT2D eigenvalue weighted by Gasteiger charge is -2.46. The van der Waals surface area contributed by atoms with Crippen LogP contribution in [0.1, 0.15) is 52.5 Å². The first-order valence-corrected chi connectivity index (χ1v) is 17.0. The van der Waals surface area contributed by atoms with Crippen molar-refractivity contribution in [3.63, 3.8) is 0 Å². The fourth-order valence-corrected chi connectivity index (χ4v) is 11.6. The highest BCUT2D eigenvalue weighted by Crippen LogP contribution is 2.40. The molecule has 6 aromatic rings. The first-order chi connectivity index (χ1) is 21.2. The maximum atomic E-state index is 14.0. The molecule has 0 amide bonds. The zero-order chi connectivity index (χ0) is 30.5. The van der Waals surface area contributed by atoms with Crippen LogP contribution in [-0.4, -0.2) is 43.3 Å². The Balaban J connectivity index is 1.19. The van der Waals surface area contributed by atoms with Crippen LogP contribution in [-0.2, 0) is 4.43 Å². The highest BCUT2D eigenvalue weighted by molar-refractivity contribution is 6.99. The van der Waals surface area contributed by atoms with Crippen LogP contribution < -0.4 is 16.1 Å². The molecule has 0 bridgehead atoms. The van der Waals surface area contributed by atoms with Crippen molar-refractivity contribution in [1.29, 1.82) is 0 Å². The SMILES string of the molecule is CC(C)(C)[Si](OC1CCC(n2c(=O)[nH]c3cnc(-c4cnc5ccc(F)cn45)nc32)CC1)(c1ccccc1)c1ccccc1. The number of imidazole rings is 2. The van der Waals surface area contributed by atoms with Crippen molar-refractivity contribution in [2.75, 3.05) is 0 Å². The summed E-state index contributed by atoms with van der Waals surface area (Å²) in [5.41, 5.74) is 2.07. The van der Waals surface area contributed by atoms with Crippen molar-refractivity contribution in [3.8, 4) is 11.5 Å².